The summed E-state index contributed by atoms with van der Waals surface area (Å²) in [4.78, 5) is 25.4. The number of amides is 1. The van der Waals surface area contributed by atoms with Gasteiger partial charge in [-0.15, -0.1) is 0 Å². The zero-order chi connectivity index (χ0) is 16.2. The van der Waals surface area contributed by atoms with Crippen molar-refractivity contribution in [1.82, 2.24) is 15.4 Å². The molecule has 3 heterocycles. The van der Waals surface area contributed by atoms with Gasteiger partial charge in [-0.25, -0.2) is 0 Å². The lowest BCUT2D eigenvalue weighted by Crippen LogP contribution is -2.55. The lowest BCUT2D eigenvalue weighted by molar-refractivity contribution is -0.146. The molecule has 0 spiro atoms. The van der Waals surface area contributed by atoms with E-state index in [1.165, 1.54) is 7.11 Å². The first-order valence-corrected chi connectivity index (χ1v) is 7.25. The maximum atomic E-state index is 12.0. The molecule has 2 aromatic heterocycles. The van der Waals surface area contributed by atoms with Crippen molar-refractivity contribution in [1.29, 1.82) is 0 Å². The monoisotopic (exact) mass is 319 g/mol. The summed E-state index contributed by atoms with van der Waals surface area (Å²) in [7, 11) is 1.31. The molecule has 1 amide bonds. The van der Waals surface area contributed by atoms with Crippen LogP contribution in [0.25, 0.3) is 11.5 Å². The lowest BCUT2D eigenvalue weighted by Gasteiger charge is -2.33. The fraction of sp³-hybridized carbons (Fsp3) is 0.400. The second kappa shape index (κ2) is 6.66. The molecule has 1 fully saturated rings. The van der Waals surface area contributed by atoms with Gasteiger partial charge in [-0.05, 0) is 12.1 Å². The molecule has 122 valence electrons. The Morgan fingerprint density at radius 1 is 1.52 bits per heavy atom. The summed E-state index contributed by atoms with van der Waals surface area (Å²) in [5, 5.41) is 6.76. The van der Waals surface area contributed by atoms with Crippen LogP contribution in [-0.2, 0) is 20.9 Å². The number of piperazine rings is 1. The summed E-state index contributed by atoms with van der Waals surface area (Å²) in [6.45, 7) is 1.55. The first-order valence-electron chi connectivity index (χ1n) is 7.25. The molecule has 0 bridgehead atoms. The molecule has 0 unspecified atom stereocenters. The normalized spacial score (nSPS) is 18.7. The van der Waals surface area contributed by atoms with Crippen molar-refractivity contribution >= 4 is 11.9 Å². The molecule has 0 radical (unpaired) electrons. The van der Waals surface area contributed by atoms with Gasteiger partial charge in [0.25, 0.3) is 0 Å². The van der Waals surface area contributed by atoms with E-state index in [0.717, 1.165) is 0 Å². The van der Waals surface area contributed by atoms with Crippen molar-refractivity contribution in [3.05, 3.63) is 30.2 Å². The SMILES string of the molecule is COC(=O)C[C@@H]1C(=O)NCCN1Cc1cc(-c2ccco2)on1. The number of aromatic nitrogens is 1. The molecule has 1 saturated heterocycles. The third-order valence-corrected chi connectivity index (χ3v) is 3.72. The Hall–Kier alpha value is -2.61. The number of esters is 1. The van der Waals surface area contributed by atoms with Gasteiger partial charge in [0.1, 0.15) is 6.04 Å². The highest BCUT2D eigenvalue weighted by atomic mass is 16.5. The molecule has 1 aliphatic rings. The van der Waals surface area contributed by atoms with E-state index in [4.69, 9.17) is 8.94 Å². The molecule has 1 atom stereocenters. The molecule has 3 rings (SSSR count). The predicted molar refractivity (Wildman–Crippen MR) is 78.0 cm³/mol. The van der Waals surface area contributed by atoms with Gasteiger partial charge in [-0.1, -0.05) is 5.16 Å². The van der Waals surface area contributed by atoms with Gasteiger partial charge >= 0.3 is 5.97 Å². The van der Waals surface area contributed by atoms with Gasteiger partial charge in [-0.2, -0.15) is 0 Å². The molecular weight excluding hydrogens is 302 g/mol. The fourth-order valence-electron chi connectivity index (χ4n) is 2.54. The van der Waals surface area contributed by atoms with Crippen molar-refractivity contribution in [2.24, 2.45) is 0 Å². The highest BCUT2D eigenvalue weighted by Crippen LogP contribution is 2.22. The van der Waals surface area contributed by atoms with Crippen LogP contribution in [0.4, 0.5) is 0 Å². The molecule has 8 heteroatoms. The van der Waals surface area contributed by atoms with E-state index in [1.807, 2.05) is 4.90 Å². The Morgan fingerprint density at radius 2 is 2.39 bits per heavy atom. The molecule has 0 aliphatic carbocycles. The summed E-state index contributed by atoms with van der Waals surface area (Å²) in [5.41, 5.74) is 0.668. The van der Waals surface area contributed by atoms with E-state index in [2.05, 4.69) is 15.2 Å². The number of ether oxygens (including phenoxy) is 1. The number of methoxy groups -OCH3 is 1. The zero-order valence-corrected chi connectivity index (χ0v) is 12.7. The topological polar surface area (TPSA) is 97.8 Å². The predicted octanol–water partition coefficient (Wildman–Crippen LogP) is 0.798. The summed E-state index contributed by atoms with van der Waals surface area (Å²) in [5.74, 6) is 0.507. The van der Waals surface area contributed by atoms with Crippen molar-refractivity contribution in [3.63, 3.8) is 0 Å². The lowest BCUT2D eigenvalue weighted by atomic mass is 10.1. The average molecular weight is 319 g/mol. The Bertz CT molecular complexity index is 679. The number of carbonyl (C=O) groups is 2. The number of nitrogens with one attached hydrogen (secondary N) is 1. The fourth-order valence-corrected chi connectivity index (χ4v) is 2.54. The maximum absolute atomic E-state index is 12.0. The first kappa shape index (κ1) is 15.3. The van der Waals surface area contributed by atoms with Crippen LogP contribution >= 0.6 is 0 Å². The molecule has 2 aromatic rings. The smallest absolute Gasteiger partial charge is 0.307 e. The Labute approximate surface area is 132 Å². The highest BCUT2D eigenvalue weighted by molar-refractivity contribution is 5.87. The molecule has 0 aromatic carbocycles. The Balaban J connectivity index is 1.72. The van der Waals surface area contributed by atoms with E-state index in [-0.39, 0.29) is 12.3 Å². The van der Waals surface area contributed by atoms with Crippen LogP contribution in [0.1, 0.15) is 12.1 Å². The minimum atomic E-state index is -0.569. The number of hydrogen-bond acceptors (Lipinski definition) is 7. The summed E-state index contributed by atoms with van der Waals surface area (Å²) in [6.07, 6.45) is 1.56. The molecular formula is C15H17N3O5. The van der Waals surface area contributed by atoms with Crippen molar-refractivity contribution in [2.75, 3.05) is 20.2 Å². The van der Waals surface area contributed by atoms with Crippen LogP contribution in [0, 0.1) is 0 Å². The van der Waals surface area contributed by atoms with Crippen molar-refractivity contribution in [2.45, 2.75) is 19.0 Å². The van der Waals surface area contributed by atoms with Crippen LogP contribution in [0.15, 0.2) is 33.4 Å². The standard InChI is InChI=1S/C15H17N3O5/c1-21-14(19)8-11-15(20)16-4-5-18(11)9-10-7-13(23-17-10)12-3-2-6-22-12/h2-3,6-7,11H,4-5,8-9H2,1H3,(H,16,20)/t11-/m1/s1. The minimum absolute atomic E-state index is 0.00518. The largest absolute Gasteiger partial charge is 0.469 e. The van der Waals surface area contributed by atoms with Crippen LogP contribution in [0.2, 0.25) is 0 Å². The molecule has 0 saturated carbocycles. The van der Waals surface area contributed by atoms with Gasteiger partial charge in [0, 0.05) is 25.7 Å². The van der Waals surface area contributed by atoms with Gasteiger partial charge < -0.3 is 19.0 Å². The molecule has 8 nitrogen and oxygen atoms in total. The summed E-state index contributed by atoms with van der Waals surface area (Å²) in [6, 6.07) is 4.73. The van der Waals surface area contributed by atoms with Crippen LogP contribution in [0.3, 0.4) is 0 Å². The quantitative estimate of drug-likeness (QED) is 0.814. The maximum Gasteiger partial charge on any atom is 0.307 e. The van der Waals surface area contributed by atoms with Crippen LogP contribution in [0.5, 0.6) is 0 Å². The second-order valence-corrected chi connectivity index (χ2v) is 5.22. The van der Waals surface area contributed by atoms with Crippen molar-refractivity contribution < 1.29 is 23.3 Å². The Kier molecular flexibility index (Phi) is 4.42. The van der Waals surface area contributed by atoms with E-state index in [0.29, 0.717) is 36.8 Å². The Morgan fingerprint density at radius 3 is 3.13 bits per heavy atom. The second-order valence-electron chi connectivity index (χ2n) is 5.22. The third kappa shape index (κ3) is 3.42. The third-order valence-electron chi connectivity index (χ3n) is 3.72. The molecule has 23 heavy (non-hydrogen) atoms. The average Bonchev–Trinajstić information content (AvgIpc) is 3.21. The van der Waals surface area contributed by atoms with Gasteiger partial charge in [0.05, 0.1) is 25.5 Å². The number of nitrogens with zero attached hydrogens (tertiary/aromatic N) is 2. The molecule has 1 aliphatic heterocycles. The van der Waals surface area contributed by atoms with Gasteiger partial charge in [0.15, 0.2) is 5.76 Å². The van der Waals surface area contributed by atoms with Crippen LogP contribution < -0.4 is 5.32 Å². The zero-order valence-electron chi connectivity index (χ0n) is 12.7. The summed E-state index contributed by atoms with van der Waals surface area (Å²) < 4.78 is 15.2. The highest BCUT2D eigenvalue weighted by Gasteiger charge is 2.32. The molecule has 1 N–H and O–H groups in total. The van der Waals surface area contributed by atoms with E-state index < -0.39 is 12.0 Å². The summed E-state index contributed by atoms with van der Waals surface area (Å²) >= 11 is 0. The number of furan rings is 1. The van der Waals surface area contributed by atoms with Crippen LogP contribution in [-0.4, -0.2) is 48.2 Å². The first-order chi connectivity index (χ1) is 11.2. The van der Waals surface area contributed by atoms with Crippen molar-refractivity contribution in [3.8, 4) is 11.5 Å². The van der Waals surface area contributed by atoms with Gasteiger partial charge in [0.2, 0.25) is 11.7 Å². The number of hydrogen-bond donors (Lipinski definition) is 1. The van der Waals surface area contributed by atoms with E-state index >= 15 is 0 Å². The van der Waals surface area contributed by atoms with E-state index in [1.54, 1.807) is 24.5 Å². The number of rotatable bonds is 5. The van der Waals surface area contributed by atoms with Gasteiger partial charge in [-0.3, -0.25) is 14.5 Å². The minimum Gasteiger partial charge on any atom is -0.469 e. The number of carbonyl (C=O) groups excluding carboxylic acids is 2. The van der Waals surface area contributed by atoms with E-state index in [9.17, 15) is 9.59 Å².